The molecule has 1 heterocycles. The van der Waals surface area contributed by atoms with Crippen LogP contribution in [0.2, 0.25) is 0 Å². The number of carbonyl (C=O) groups excluding carboxylic acids is 1. The van der Waals surface area contributed by atoms with Gasteiger partial charge < -0.3 is 14.8 Å². The molecule has 0 saturated heterocycles. The number of hydrogen-bond acceptors (Lipinski definition) is 2. The number of benzene rings is 2. The van der Waals surface area contributed by atoms with Crippen molar-refractivity contribution < 1.29 is 4.79 Å². The van der Waals surface area contributed by atoms with E-state index in [1.54, 1.807) is 6.08 Å². The Morgan fingerprint density at radius 1 is 1.07 bits per heavy atom. The Kier molecular flexibility index (Phi) is 7.25. The van der Waals surface area contributed by atoms with Crippen molar-refractivity contribution in [3.63, 3.8) is 0 Å². The Balaban J connectivity index is 1.68. The molecule has 0 saturated carbocycles. The minimum absolute atomic E-state index is 0.0511. The fraction of sp³-hybridized carbons (Fsp3) is 0.320. The van der Waals surface area contributed by atoms with Gasteiger partial charge in [0.25, 0.3) is 0 Å². The van der Waals surface area contributed by atoms with Crippen molar-refractivity contribution in [1.29, 1.82) is 0 Å². The summed E-state index contributed by atoms with van der Waals surface area (Å²) < 4.78 is 2.37. The summed E-state index contributed by atoms with van der Waals surface area (Å²) in [4.78, 5) is 14.5. The molecule has 0 unspecified atom stereocenters. The molecule has 152 valence electrons. The van der Waals surface area contributed by atoms with Gasteiger partial charge in [-0.05, 0) is 58.1 Å². The smallest absolute Gasteiger partial charge is 0.244 e. The van der Waals surface area contributed by atoms with E-state index in [2.05, 4.69) is 72.2 Å². The van der Waals surface area contributed by atoms with Crippen LogP contribution in [0.15, 0.2) is 60.7 Å². The monoisotopic (exact) mass is 389 g/mol. The third-order valence-corrected chi connectivity index (χ3v) is 5.22. The zero-order chi connectivity index (χ0) is 20.6. The molecule has 3 rings (SSSR count). The number of aryl methyl sites for hydroxylation is 1. The maximum atomic E-state index is 12.3. The van der Waals surface area contributed by atoms with Gasteiger partial charge in [0.15, 0.2) is 0 Å². The lowest BCUT2D eigenvalue weighted by molar-refractivity contribution is -0.116. The quantitative estimate of drug-likeness (QED) is 0.555. The van der Waals surface area contributed by atoms with Gasteiger partial charge in [-0.15, -0.1) is 0 Å². The predicted octanol–water partition coefficient (Wildman–Crippen LogP) is 4.27. The molecule has 1 aromatic heterocycles. The van der Waals surface area contributed by atoms with Crippen molar-refractivity contribution in [2.24, 2.45) is 0 Å². The summed E-state index contributed by atoms with van der Waals surface area (Å²) in [6.07, 6.45) is 5.54. The fourth-order valence-electron chi connectivity index (χ4n) is 3.69. The molecule has 0 atom stereocenters. The number of nitrogens with zero attached hydrogens (tertiary/aromatic N) is 2. The summed E-state index contributed by atoms with van der Waals surface area (Å²) in [6.45, 7) is 4.81. The highest BCUT2D eigenvalue weighted by Gasteiger charge is 2.12. The summed E-state index contributed by atoms with van der Waals surface area (Å²) >= 11 is 0. The summed E-state index contributed by atoms with van der Waals surface area (Å²) in [5.74, 6) is -0.0511. The lowest BCUT2D eigenvalue weighted by Crippen LogP contribution is -2.23. The van der Waals surface area contributed by atoms with Gasteiger partial charge in [-0.2, -0.15) is 0 Å². The van der Waals surface area contributed by atoms with Gasteiger partial charge in [-0.3, -0.25) is 4.79 Å². The van der Waals surface area contributed by atoms with Crippen LogP contribution >= 0.6 is 0 Å². The summed E-state index contributed by atoms with van der Waals surface area (Å²) in [6, 6.07) is 18.6. The number of amides is 1. The van der Waals surface area contributed by atoms with Gasteiger partial charge in [0.1, 0.15) is 0 Å². The number of fused-ring (bicyclic) bond motifs is 1. The van der Waals surface area contributed by atoms with Crippen molar-refractivity contribution in [2.45, 2.75) is 26.3 Å². The van der Waals surface area contributed by atoms with Crippen LogP contribution in [0, 0.1) is 6.92 Å². The zero-order valence-electron chi connectivity index (χ0n) is 17.7. The second-order valence-electron chi connectivity index (χ2n) is 7.68. The van der Waals surface area contributed by atoms with E-state index < -0.39 is 0 Å². The second kappa shape index (κ2) is 10.1. The fourth-order valence-corrected chi connectivity index (χ4v) is 3.69. The Hall–Kier alpha value is -2.85. The van der Waals surface area contributed by atoms with Crippen LogP contribution in [-0.2, 0) is 17.8 Å². The van der Waals surface area contributed by atoms with Crippen LogP contribution < -0.4 is 5.32 Å². The average Bonchev–Trinajstić information content (AvgIpc) is 2.98. The standard InChI is InChI=1S/C25H31N3O/c1-20-22(14-15-25(29)26-17-16-21-10-5-4-6-11-21)23-12-7-8-13-24(23)28(20)19-9-18-27(2)3/h4-8,10-15H,9,16-19H2,1-3H3,(H,26,29)/b15-14+. The van der Waals surface area contributed by atoms with Crippen molar-refractivity contribution in [1.82, 2.24) is 14.8 Å². The SMILES string of the molecule is Cc1c(/C=C/C(=O)NCCc2ccccc2)c2ccccc2n1CCCN(C)C. The first-order valence-electron chi connectivity index (χ1n) is 10.3. The van der Waals surface area contributed by atoms with Crippen molar-refractivity contribution in [2.75, 3.05) is 27.2 Å². The molecule has 0 radical (unpaired) electrons. The highest BCUT2D eigenvalue weighted by atomic mass is 16.1. The van der Waals surface area contributed by atoms with Crippen molar-refractivity contribution in [3.05, 3.63) is 77.5 Å². The second-order valence-corrected chi connectivity index (χ2v) is 7.68. The summed E-state index contributed by atoms with van der Waals surface area (Å²) in [5, 5.41) is 4.18. The molecule has 1 N–H and O–H groups in total. The zero-order valence-corrected chi connectivity index (χ0v) is 17.7. The minimum Gasteiger partial charge on any atom is -0.352 e. The highest BCUT2D eigenvalue weighted by molar-refractivity contribution is 5.97. The third kappa shape index (κ3) is 5.58. The van der Waals surface area contributed by atoms with Crippen molar-refractivity contribution >= 4 is 22.9 Å². The number of hydrogen-bond donors (Lipinski definition) is 1. The van der Waals surface area contributed by atoms with Gasteiger partial charge >= 0.3 is 0 Å². The lowest BCUT2D eigenvalue weighted by atomic mass is 10.1. The van der Waals surface area contributed by atoms with Gasteiger partial charge in [0.05, 0.1) is 0 Å². The predicted molar refractivity (Wildman–Crippen MR) is 122 cm³/mol. The van der Waals surface area contributed by atoms with Gasteiger partial charge in [-0.1, -0.05) is 48.5 Å². The van der Waals surface area contributed by atoms with E-state index in [1.165, 1.54) is 22.2 Å². The minimum atomic E-state index is -0.0511. The topological polar surface area (TPSA) is 37.3 Å². The van der Waals surface area contributed by atoms with E-state index in [9.17, 15) is 4.79 Å². The molecular formula is C25H31N3O. The third-order valence-electron chi connectivity index (χ3n) is 5.22. The van der Waals surface area contributed by atoms with Crippen LogP contribution in [0.5, 0.6) is 0 Å². The molecule has 0 fully saturated rings. The molecule has 0 bridgehead atoms. The van der Waals surface area contributed by atoms with E-state index >= 15 is 0 Å². The van der Waals surface area contributed by atoms with Crippen molar-refractivity contribution in [3.8, 4) is 0 Å². The number of rotatable bonds is 9. The Bertz CT molecular complexity index is 970. The Labute approximate surface area is 173 Å². The average molecular weight is 390 g/mol. The van der Waals surface area contributed by atoms with Gasteiger partial charge in [0, 0.05) is 41.3 Å². The Morgan fingerprint density at radius 2 is 1.79 bits per heavy atom. The summed E-state index contributed by atoms with van der Waals surface area (Å²) in [7, 11) is 4.20. The first-order chi connectivity index (χ1) is 14.1. The van der Waals surface area contributed by atoms with Crippen LogP contribution in [0.25, 0.3) is 17.0 Å². The van der Waals surface area contributed by atoms with E-state index in [1.807, 2.05) is 24.3 Å². The van der Waals surface area contributed by atoms with E-state index in [0.29, 0.717) is 6.54 Å². The molecule has 2 aromatic carbocycles. The maximum absolute atomic E-state index is 12.3. The van der Waals surface area contributed by atoms with Gasteiger partial charge in [0.2, 0.25) is 5.91 Å². The molecule has 4 heteroatoms. The number of nitrogens with one attached hydrogen (secondary N) is 1. The van der Waals surface area contributed by atoms with Crippen LogP contribution in [0.1, 0.15) is 23.2 Å². The van der Waals surface area contributed by atoms with Gasteiger partial charge in [-0.25, -0.2) is 0 Å². The number of para-hydroxylation sites is 1. The largest absolute Gasteiger partial charge is 0.352 e. The van der Waals surface area contributed by atoms with Crippen LogP contribution in [0.3, 0.4) is 0 Å². The lowest BCUT2D eigenvalue weighted by Gasteiger charge is -2.12. The molecule has 0 aliphatic carbocycles. The molecule has 4 nitrogen and oxygen atoms in total. The Morgan fingerprint density at radius 3 is 2.55 bits per heavy atom. The molecule has 29 heavy (non-hydrogen) atoms. The number of aromatic nitrogens is 1. The first-order valence-corrected chi connectivity index (χ1v) is 10.3. The maximum Gasteiger partial charge on any atom is 0.244 e. The van der Waals surface area contributed by atoms with Crippen LogP contribution in [-0.4, -0.2) is 42.6 Å². The molecule has 0 spiro atoms. The van der Waals surface area contributed by atoms with Crippen LogP contribution in [0.4, 0.5) is 0 Å². The molecule has 3 aromatic rings. The molecular weight excluding hydrogens is 358 g/mol. The van der Waals surface area contributed by atoms with E-state index in [4.69, 9.17) is 0 Å². The molecule has 1 amide bonds. The highest BCUT2D eigenvalue weighted by Crippen LogP contribution is 2.27. The van der Waals surface area contributed by atoms with E-state index in [0.717, 1.165) is 31.5 Å². The number of carbonyl (C=O) groups is 1. The first kappa shape index (κ1) is 20.9. The molecule has 0 aliphatic heterocycles. The summed E-state index contributed by atoms with van der Waals surface area (Å²) in [5.41, 5.74) is 4.79. The molecule has 0 aliphatic rings. The normalized spacial score (nSPS) is 11.6. The van der Waals surface area contributed by atoms with E-state index in [-0.39, 0.29) is 5.91 Å².